The zero-order chi connectivity index (χ0) is 22.0. The molecule has 0 saturated heterocycles. The number of nitrogens with one attached hydrogen (secondary N) is 2. The van der Waals surface area contributed by atoms with Crippen LogP contribution < -0.4 is 5.32 Å². The van der Waals surface area contributed by atoms with Gasteiger partial charge in [-0.2, -0.15) is 4.98 Å². The number of imidazole rings is 1. The van der Waals surface area contributed by atoms with Crippen molar-refractivity contribution in [2.45, 2.75) is 37.6 Å². The molecule has 0 fully saturated rings. The van der Waals surface area contributed by atoms with E-state index in [0.29, 0.717) is 29.6 Å². The van der Waals surface area contributed by atoms with Crippen molar-refractivity contribution < 1.29 is 13.7 Å². The second-order valence-corrected chi connectivity index (χ2v) is 8.44. The van der Waals surface area contributed by atoms with E-state index >= 15 is 0 Å². The summed E-state index contributed by atoms with van der Waals surface area (Å²) in [6.45, 7) is 4.13. The zero-order valence-corrected chi connectivity index (χ0v) is 18.4. The number of hydrogen-bond acceptors (Lipinski definition) is 6. The zero-order valence-electron chi connectivity index (χ0n) is 16.8. The molecule has 1 amide bonds. The van der Waals surface area contributed by atoms with Gasteiger partial charge in [-0.1, -0.05) is 28.5 Å². The van der Waals surface area contributed by atoms with E-state index in [2.05, 4.69) is 51.4 Å². The molecule has 0 radical (unpaired) electrons. The summed E-state index contributed by atoms with van der Waals surface area (Å²) in [6.07, 6.45) is 0.438. The number of hydrogen-bond donors (Lipinski definition) is 2. The Balaban J connectivity index is 1.29. The molecule has 0 atom stereocenters. The number of amides is 1. The second-order valence-electron chi connectivity index (χ2n) is 7.07. The first kappa shape index (κ1) is 21.3. The normalized spacial score (nSPS) is 11.2. The number of aromatic nitrogens is 4. The first-order valence-electron chi connectivity index (χ1n) is 9.53. The highest BCUT2D eigenvalue weighted by Gasteiger charge is 2.12. The topological polar surface area (TPSA) is 96.7 Å². The Morgan fingerprint density at radius 2 is 2.03 bits per heavy atom. The third-order valence-electron chi connectivity index (χ3n) is 4.69. The summed E-state index contributed by atoms with van der Waals surface area (Å²) in [5.41, 5.74) is 4.75. The lowest BCUT2D eigenvalue weighted by Gasteiger charge is -2.04. The summed E-state index contributed by atoms with van der Waals surface area (Å²) in [7, 11) is 0. The highest BCUT2D eigenvalue weighted by atomic mass is 35.5. The van der Waals surface area contributed by atoms with Gasteiger partial charge in [0.05, 0.1) is 21.8 Å². The molecule has 31 heavy (non-hydrogen) atoms. The predicted octanol–water partition coefficient (Wildman–Crippen LogP) is 5.22. The van der Waals surface area contributed by atoms with Gasteiger partial charge in [-0.3, -0.25) is 4.79 Å². The van der Waals surface area contributed by atoms with Gasteiger partial charge in [-0.25, -0.2) is 9.37 Å². The molecule has 0 aliphatic rings. The van der Waals surface area contributed by atoms with E-state index in [4.69, 9.17) is 16.1 Å². The van der Waals surface area contributed by atoms with Crippen LogP contribution in [0.15, 0.2) is 40.0 Å². The minimum atomic E-state index is -0.538. The number of carbonyl (C=O) groups is 1. The fourth-order valence-electron chi connectivity index (χ4n) is 2.92. The molecule has 2 N–H and O–H groups in total. The lowest BCUT2D eigenvalue weighted by atomic mass is 10.1. The Morgan fingerprint density at radius 3 is 2.84 bits per heavy atom. The maximum Gasteiger partial charge on any atom is 0.227 e. The van der Waals surface area contributed by atoms with Gasteiger partial charge in [0.2, 0.25) is 11.8 Å². The number of carbonyl (C=O) groups excluding carboxylic acids is 1. The van der Waals surface area contributed by atoms with Crippen molar-refractivity contribution in [3.8, 4) is 0 Å². The fourth-order valence-corrected chi connectivity index (χ4v) is 3.82. The number of halogens is 2. The molecule has 7 nitrogen and oxygen atoms in total. The molecule has 2 heterocycles. The molecule has 0 aliphatic heterocycles. The van der Waals surface area contributed by atoms with Gasteiger partial charge in [0, 0.05) is 18.5 Å². The SMILES string of the molecule is Cc1cc2nc(SCc3noc(CCC(=O)Nc4ccc(F)c(Cl)c4)n3)[nH]c2cc1C. The van der Waals surface area contributed by atoms with Crippen molar-refractivity contribution in [2.24, 2.45) is 0 Å². The highest BCUT2D eigenvalue weighted by molar-refractivity contribution is 7.98. The maximum atomic E-state index is 13.2. The number of anilines is 1. The third kappa shape index (κ3) is 5.23. The number of nitrogens with zero attached hydrogens (tertiary/aromatic N) is 3. The standard InChI is InChI=1S/C21H19ClFN5O2S/c1-11-7-16-17(8-12(11)2)26-21(25-16)31-10-18-27-20(30-28-18)6-5-19(29)24-13-3-4-15(23)14(22)9-13/h3-4,7-9H,5-6,10H2,1-2H3,(H,24,29)(H,25,26). The minimum Gasteiger partial charge on any atom is -0.339 e. The van der Waals surface area contributed by atoms with Crippen molar-refractivity contribution in [3.63, 3.8) is 0 Å². The molecule has 0 bridgehead atoms. The number of rotatable bonds is 7. The van der Waals surface area contributed by atoms with E-state index in [1.54, 1.807) is 0 Å². The molecule has 4 aromatic rings. The molecule has 2 aromatic heterocycles. The van der Waals surface area contributed by atoms with Gasteiger partial charge < -0.3 is 14.8 Å². The minimum absolute atomic E-state index is 0.0495. The summed E-state index contributed by atoms with van der Waals surface area (Å²) < 4.78 is 18.4. The lowest BCUT2D eigenvalue weighted by molar-refractivity contribution is -0.116. The molecular weight excluding hydrogens is 441 g/mol. The van der Waals surface area contributed by atoms with E-state index < -0.39 is 5.82 Å². The number of aryl methyl sites for hydroxylation is 3. The Hall–Kier alpha value is -2.91. The van der Waals surface area contributed by atoms with Gasteiger partial charge in [0.15, 0.2) is 11.0 Å². The van der Waals surface area contributed by atoms with Crippen LogP contribution in [0.4, 0.5) is 10.1 Å². The van der Waals surface area contributed by atoms with E-state index in [1.165, 1.54) is 41.1 Å². The van der Waals surface area contributed by atoms with Crippen LogP contribution in [0.1, 0.15) is 29.3 Å². The smallest absolute Gasteiger partial charge is 0.227 e. The first-order valence-corrected chi connectivity index (χ1v) is 10.9. The summed E-state index contributed by atoms with van der Waals surface area (Å²) >= 11 is 7.19. The van der Waals surface area contributed by atoms with Crippen LogP contribution in [0.3, 0.4) is 0 Å². The highest BCUT2D eigenvalue weighted by Crippen LogP contribution is 2.24. The van der Waals surface area contributed by atoms with Crippen molar-refractivity contribution in [3.05, 3.63) is 64.0 Å². The molecule has 0 unspecified atom stereocenters. The van der Waals surface area contributed by atoms with Crippen LogP contribution >= 0.6 is 23.4 Å². The van der Waals surface area contributed by atoms with Gasteiger partial charge >= 0.3 is 0 Å². The van der Waals surface area contributed by atoms with Crippen molar-refractivity contribution in [1.29, 1.82) is 0 Å². The summed E-state index contributed by atoms with van der Waals surface area (Å²) in [6, 6.07) is 8.14. The number of benzene rings is 2. The molecule has 0 saturated carbocycles. The number of thioether (sulfide) groups is 1. The van der Waals surface area contributed by atoms with E-state index in [1.807, 2.05) is 0 Å². The Kier molecular flexibility index (Phi) is 6.24. The fraction of sp³-hybridized carbons (Fsp3) is 0.238. The van der Waals surface area contributed by atoms with Crippen molar-refractivity contribution in [1.82, 2.24) is 20.1 Å². The molecular formula is C21H19ClFN5O2S. The Bertz CT molecular complexity index is 1220. The van der Waals surface area contributed by atoms with Crippen molar-refractivity contribution >= 4 is 46.0 Å². The summed E-state index contributed by atoms with van der Waals surface area (Å²) in [4.78, 5) is 24.3. The maximum absolute atomic E-state index is 13.2. The number of aromatic amines is 1. The summed E-state index contributed by atoms with van der Waals surface area (Å²) in [5, 5.41) is 7.35. The molecule has 0 aliphatic carbocycles. The van der Waals surface area contributed by atoms with Crippen LogP contribution in [0.2, 0.25) is 5.02 Å². The molecule has 160 valence electrons. The van der Waals surface area contributed by atoms with Gasteiger partial charge in [0.25, 0.3) is 0 Å². The first-order chi connectivity index (χ1) is 14.9. The predicted molar refractivity (Wildman–Crippen MR) is 118 cm³/mol. The van der Waals surface area contributed by atoms with Crippen LogP contribution in [-0.4, -0.2) is 26.0 Å². The summed E-state index contributed by atoms with van der Waals surface area (Å²) in [5.74, 6) is 0.590. The quantitative estimate of drug-likeness (QED) is 0.368. The van der Waals surface area contributed by atoms with Gasteiger partial charge in [-0.05, 0) is 55.3 Å². The van der Waals surface area contributed by atoms with Gasteiger partial charge in [0.1, 0.15) is 5.82 Å². The average molecular weight is 460 g/mol. The third-order valence-corrected chi connectivity index (χ3v) is 5.85. The van der Waals surface area contributed by atoms with Crippen molar-refractivity contribution in [2.75, 3.05) is 5.32 Å². The number of H-pyrrole nitrogens is 1. The van der Waals surface area contributed by atoms with E-state index in [9.17, 15) is 9.18 Å². The molecule has 2 aromatic carbocycles. The van der Waals surface area contributed by atoms with E-state index in [-0.39, 0.29) is 17.4 Å². The Labute approximate surface area is 186 Å². The molecule has 10 heteroatoms. The van der Waals surface area contributed by atoms with Crippen LogP contribution in [0.5, 0.6) is 0 Å². The number of fused-ring (bicyclic) bond motifs is 1. The largest absolute Gasteiger partial charge is 0.339 e. The average Bonchev–Trinajstić information content (AvgIpc) is 3.34. The van der Waals surface area contributed by atoms with Crippen LogP contribution in [0, 0.1) is 19.7 Å². The molecule has 0 spiro atoms. The van der Waals surface area contributed by atoms with Gasteiger partial charge in [-0.15, -0.1) is 0 Å². The monoisotopic (exact) mass is 459 g/mol. The second kappa shape index (κ2) is 9.07. The lowest BCUT2D eigenvalue weighted by Crippen LogP contribution is -2.12. The molecule has 4 rings (SSSR count). The Morgan fingerprint density at radius 1 is 1.23 bits per heavy atom. The van der Waals surface area contributed by atoms with Crippen LogP contribution in [-0.2, 0) is 17.0 Å². The van der Waals surface area contributed by atoms with Crippen LogP contribution in [0.25, 0.3) is 11.0 Å². The van der Waals surface area contributed by atoms with E-state index in [0.717, 1.165) is 16.2 Å².